The van der Waals surface area contributed by atoms with E-state index in [1.54, 1.807) is 13.3 Å². The number of rotatable bonds is 3. The summed E-state index contributed by atoms with van der Waals surface area (Å²) in [4.78, 5) is 0. The maximum Gasteiger partial charge on any atom is 0.144 e. The highest BCUT2D eigenvalue weighted by Crippen LogP contribution is 2.29. The number of fused-ring (bicyclic) bond motifs is 1. The second kappa shape index (κ2) is 6.28. The van der Waals surface area contributed by atoms with Crippen LogP contribution in [0.25, 0.3) is 10.8 Å². The van der Waals surface area contributed by atoms with Crippen molar-refractivity contribution in [1.82, 2.24) is 0 Å². The Morgan fingerprint density at radius 1 is 1.19 bits per heavy atom. The van der Waals surface area contributed by atoms with Crippen molar-refractivity contribution in [3.05, 3.63) is 40.4 Å². The van der Waals surface area contributed by atoms with Crippen LogP contribution in [0.3, 0.4) is 0 Å². The highest BCUT2D eigenvalue weighted by Gasteiger charge is 2.18. The minimum absolute atomic E-state index is 0.362. The van der Waals surface area contributed by atoms with Crippen LogP contribution in [0.15, 0.2) is 39.2 Å². The molecule has 2 aromatic rings. The molecule has 0 bridgehead atoms. The van der Waals surface area contributed by atoms with E-state index in [-0.39, 0.29) is 4.75 Å². The lowest BCUT2D eigenvalue weighted by Gasteiger charge is -2.13. The molecule has 21 heavy (non-hydrogen) atoms. The van der Waals surface area contributed by atoms with Crippen molar-refractivity contribution in [3.8, 4) is 5.75 Å². The monoisotopic (exact) mass is 367 g/mol. The molecule has 0 saturated carbocycles. The van der Waals surface area contributed by atoms with Gasteiger partial charge in [-0.1, -0.05) is 22.0 Å². The molecule has 0 amide bonds. The van der Waals surface area contributed by atoms with Crippen LogP contribution in [-0.4, -0.2) is 22.3 Å². The summed E-state index contributed by atoms with van der Waals surface area (Å²) in [5.41, 5.74) is 0.921. The summed E-state index contributed by atoms with van der Waals surface area (Å²) in [5.74, 6) is 0.784. The fourth-order valence-corrected chi connectivity index (χ4v) is 2.82. The molecule has 112 valence electrons. The predicted molar refractivity (Wildman–Crippen MR) is 93.7 cm³/mol. The summed E-state index contributed by atoms with van der Waals surface area (Å²) in [6.07, 6.45) is 1.68. The zero-order valence-electron chi connectivity index (χ0n) is 12.5. The Labute approximate surface area is 136 Å². The molecule has 5 heteroatoms. The lowest BCUT2D eigenvalue weighted by Crippen LogP contribution is -2.19. The molecule has 0 spiro atoms. The van der Waals surface area contributed by atoms with E-state index < -0.39 is 11.0 Å². The van der Waals surface area contributed by atoms with Gasteiger partial charge in [0.1, 0.15) is 16.7 Å². The van der Waals surface area contributed by atoms with Gasteiger partial charge in [0.15, 0.2) is 0 Å². The summed E-state index contributed by atoms with van der Waals surface area (Å²) in [6.45, 7) is 5.72. The molecule has 0 aliphatic carbocycles. The van der Waals surface area contributed by atoms with Crippen LogP contribution in [0, 0.1) is 0 Å². The van der Waals surface area contributed by atoms with Gasteiger partial charge >= 0.3 is 0 Å². The van der Waals surface area contributed by atoms with Gasteiger partial charge in [-0.15, -0.1) is 0 Å². The van der Waals surface area contributed by atoms with Gasteiger partial charge in [0.2, 0.25) is 0 Å². The molecular weight excluding hydrogens is 350 g/mol. The normalized spacial score (nSPS) is 13.8. The smallest absolute Gasteiger partial charge is 0.144 e. The minimum Gasteiger partial charge on any atom is -0.497 e. The molecule has 0 aliphatic heterocycles. The van der Waals surface area contributed by atoms with E-state index in [1.807, 2.05) is 51.1 Å². The molecule has 2 rings (SSSR count). The molecule has 0 N–H and O–H groups in total. The van der Waals surface area contributed by atoms with Crippen molar-refractivity contribution in [2.45, 2.75) is 25.5 Å². The van der Waals surface area contributed by atoms with E-state index in [9.17, 15) is 4.21 Å². The topological polar surface area (TPSA) is 38.7 Å². The first-order valence-electron chi connectivity index (χ1n) is 6.55. The molecule has 0 radical (unpaired) electrons. The van der Waals surface area contributed by atoms with Crippen molar-refractivity contribution >= 4 is 43.9 Å². The lowest BCUT2D eigenvalue weighted by atomic mass is 10.1. The highest BCUT2D eigenvalue weighted by atomic mass is 79.9. The molecule has 0 aromatic heterocycles. The number of nitrogens with zero attached hydrogens (tertiary/aromatic N) is 1. The largest absolute Gasteiger partial charge is 0.497 e. The van der Waals surface area contributed by atoms with E-state index in [4.69, 9.17) is 4.74 Å². The number of hydrogen-bond donors (Lipinski definition) is 0. The molecular formula is C16H18BrNO2S. The Hall–Kier alpha value is -1.20. The van der Waals surface area contributed by atoms with Crippen LogP contribution >= 0.6 is 15.9 Å². The van der Waals surface area contributed by atoms with Crippen LogP contribution in [0.5, 0.6) is 5.75 Å². The molecule has 3 nitrogen and oxygen atoms in total. The number of benzene rings is 2. The van der Waals surface area contributed by atoms with Crippen molar-refractivity contribution in [2.24, 2.45) is 4.40 Å². The number of hydrogen-bond acceptors (Lipinski definition) is 2. The summed E-state index contributed by atoms with van der Waals surface area (Å²) >= 11 is 3.54. The third-order valence-corrected chi connectivity index (χ3v) is 5.05. The highest BCUT2D eigenvalue weighted by molar-refractivity contribution is 9.10. The van der Waals surface area contributed by atoms with Crippen LogP contribution < -0.4 is 4.74 Å². The number of halogens is 1. The average molecular weight is 368 g/mol. The second-order valence-corrected chi connectivity index (χ2v) is 8.43. The molecule has 0 aliphatic rings. The minimum atomic E-state index is -1.27. The Bertz CT molecular complexity index is 720. The Balaban J connectivity index is 2.51. The third-order valence-electron chi connectivity index (χ3n) is 3.02. The van der Waals surface area contributed by atoms with Crippen LogP contribution in [0.4, 0.5) is 0 Å². The third kappa shape index (κ3) is 3.71. The van der Waals surface area contributed by atoms with Crippen molar-refractivity contribution in [1.29, 1.82) is 0 Å². The summed E-state index contributed by atoms with van der Waals surface area (Å²) in [6, 6.07) is 9.80. The summed E-state index contributed by atoms with van der Waals surface area (Å²) in [7, 11) is 0.374. The fraction of sp³-hybridized carbons (Fsp3) is 0.312. The van der Waals surface area contributed by atoms with Gasteiger partial charge in [-0.3, -0.25) is 0 Å². The Morgan fingerprint density at radius 2 is 1.90 bits per heavy atom. The van der Waals surface area contributed by atoms with E-state index in [0.717, 1.165) is 26.6 Å². The first-order chi connectivity index (χ1) is 9.82. The van der Waals surface area contributed by atoms with E-state index in [1.165, 1.54) is 0 Å². The zero-order chi connectivity index (χ0) is 15.6. The van der Waals surface area contributed by atoms with Gasteiger partial charge < -0.3 is 4.74 Å². The average Bonchev–Trinajstić information content (AvgIpc) is 2.44. The SMILES string of the molecule is COc1ccc2c(Br)ccc(/C=N/[S@](=O)C(C)(C)C)c2c1. The molecule has 0 fully saturated rings. The standard InChI is InChI=1S/C16H18BrNO2S/c1-16(2,3)21(19)18-10-11-5-8-15(17)13-7-6-12(20-4)9-14(11)13/h5-10H,1-4H3/b18-10+/t21-/m1/s1. The molecule has 0 unspecified atom stereocenters. The second-order valence-electron chi connectivity index (χ2n) is 5.64. The fourth-order valence-electron chi connectivity index (χ4n) is 1.82. The van der Waals surface area contributed by atoms with Crippen LogP contribution in [0.2, 0.25) is 0 Å². The summed E-state index contributed by atoms with van der Waals surface area (Å²) < 4.78 is 22.2. The molecule has 2 aromatic carbocycles. The van der Waals surface area contributed by atoms with E-state index in [2.05, 4.69) is 20.3 Å². The molecule has 0 heterocycles. The first-order valence-corrected chi connectivity index (χ1v) is 8.45. The number of methoxy groups -OCH3 is 1. The van der Waals surface area contributed by atoms with Gasteiger partial charge in [0, 0.05) is 16.3 Å². The lowest BCUT2D eigenvalue weighted by molar-refractivity contribution is 0.415. The Kier molecular flexibility index (Phi) is 4.84. The zero-order valence-corrected chi connectivity index (χ0v) is 14.9. The van der Waals surface area contributed by atoms with Gasteiger partial charge in [-0.05, 0) is 55.8 Å². The van der Waals surface area contributed by atoms with Gasteiger partial charge in [-0.2, -0.15) is 4.40 Å². The van der Waals surface area contributed by atoms with Crippen LogP contribution in [0.1, 0.15) is 26.3 Å². The Morgan fingerprint density at radius 3 is 2.52 bits per heavy atom. The number of ether oxygens (including phenoxy) is 1. The molecule has 0 saturated heterocycles. The quantitative estimate of drug-likeness (QED) is 0.749. The van der Waals surface area contributed by atoms with Crippen LogP contribution in [-0.2, 0) is 11.0 Å². The van der Waals surface area contributed by atoms with Crippen molar-refractivity contribution < 1.29 is 8.95 Å². The maximum atomic E-state index is 12.0. The van der Waals surface area contributed by atoms with Gasteiger partial charge in [0.25, 0.3) is 0 Å². The van der Waals surface area contributed by atoms with Gasteiger partial charge in [0.05, 0.1) is 11.9 Å². The predicted octanol–water partition coefficient (Wildman–Crippen LogP) is 4.49. The first kappa shape index (κ1) is 16.2. The summed E-state index contributed by atoms with van der Waals surface area (Å²) in [5, 5.41) is 2.08. The maximum absolute atomic E-state index is 12.0. The van der Waals surface area contributed by atoms with Crippen molar-refractivity contribution in [3.63, 3.8) is 0 Å². The van der Waals surface area contributed by atoms with Crippen molar-refractivity contribution in [2.75, 3.05) is 7.11 Å². The van der Waals surface area contributed by atoms with E-state index in [0.29, 0.717) is 0 Å². The molecule has 1 atom stereocenters. The van der Waals surface area contributed by atoms with E-state index >= 15 is 0 Å². The van der Waals surface area contributed by atoms with Gasteiger partial charge in [-0.25, -0.2) is 4.21 Å².